The molecular formula is C56H34. The molecule has 0 nitrogen and oxygen atoms in total. The van der Waals surface area contributed by atoms with Gasteiger partial charge >= 0.3 is 0 Å². The van der Waals surface area contributed by atoms with Crippen LogP contribution in [0.3, 0.4) is 0 Å². The van der Waals surface area contributed by atoms with Crippen LogP contribution in [-0.2, 0) is 0 Å². The van der Waals surface area contributed by atoms with E-state index in [1.807, 2.05) is 0 Å². The molecule has 0 spiro atoms. The van der Waals surface area contributed by atoms with E-state index in [1.54, 1.807) is 0 Å². The summed E-state index contributed by atoms with van der Waals surface area (Å²) in [6, 6.07) is 76.5. The van der Waals surface area contributed by atoms with Crippen LogP contribution in [0.15, 0.2) is 206 Å². The Labute approximate surface area is 325 Å². The van der Waals surface area contributed by atoms with Crippen molar-refractivity contribution in [2.75, 3.05) is 0 Å². The molecule has 0 fully saturated rings. The predicted molar refractivity (Wildman–Crippen MR) is 241 cm³/mol. The monoisotopic (exact) mass is 706 g/mol. The van der Waals surface area contributed by atoms with Crippen molar-refractivity contribution < 1.29 is 0 Å². The Kier molecular flexibility index (Phi) is 6.73. The molecule has 0 saturated carbocycles. The quantitative estimate of drug-likeness (QED) is 0.156. The van der Waals surface area contributed by atoms with E-state index in [9.17, 15) is 0 Å². The number of hydrogen-bond donors (Lipinski definition) is 0. The topological polar surface area (TPSA) is 0 Å². The van der Waals surface area contributed by atoms with E-state index < -0.39 is 0 Å². The van der Waals surface area contributed by atoms with Crippen LogP contribution < -0.4 is 0 Å². The molecule has 0 bridgehead atoms. The zero-order valence-electron chi connectivity index (χ0n) is 30.6. The van der Waals surface area contributed by atoms with E-state index in [-0.39, 0.29) is 0 Å². The Morgan fingerprint density at radius 2 is 0.446 bits per heavy atom. The van der Waals surface area contributed by atoms with Crippen LogP contribution in [0, 0.1) is 0 Å². The largest absolute Gasteiger partial charge is 0.0616 e. The molecule has 12 rings (SSSR count). The van der Waals surface area contributed by atoms with Gasteiger partial charge in [-0.05, 0) is 120 Å². The summed E-state index contributed by atoms with van der Waals surface area (Å²) in [6.07, 6.45) is 0. The molecule has 258 valence electrons. The minimum Gasteiger partial charge on any atom is -0.0616 e. The van der Waals surface area contributed by atoms with Crippen molar-refractivity contribution in [2.45, 2.75) is 0 Å². The van der Waals surface area contributed by atoms with Crippen LogP contribution in [0.4, 0.5) is 0 Å². The Hall–Kier alpha value is -7.28. The highest BCUT2D eigenvalue weighted by molar-refractivity contribution is 6.26. The van der Waals surface area contributed by atoms with Gasteiger partial charge in [-0.15, -0.1) is 0 Å². The van der Waals surface area contributed by atoms with Gasteiger partial charge in [0.05, 0.1) is 0 Å². The molecule has 0 heterocycles. The summed E-state index contributed by atoms with van der Waals surface area (Å²) in [5.41, 5.74) is 12.3. The summed E-state index contributed by atoms with van der Waals surface area (Å²) in [7, 11) is 0. The Morgan fingerprint density at radius 3 is 0.821 bits per heavy atom. The molecule has 0 aliphatic rings. The molecule has 0 amide bonds. The smallest absolute Gasteiger partial charge is 0.00206 e. The summed E-state index contributed by atoms with van der Waals surface area (Å²) in [4.78, 5) is 0. The van der Waals surface area contributed by atoms with Crippen molar-refractivity contribution in [1.29, 1.82) is 0 Å². The van der Waals surface area contributed by atoms with Crippen LogP contribution in [0.5, 0.6) is 0 Å². The van der Waals surface area contributed by atoms with Crippen LogP contribution in [-0.4, -0.2) is 0 Å². The fourth-order valence-corrected chi connectivity index (χ4v) is 9.57. The normalized spacial score (nSPS) is 11.9. The van der Waals surface area contributed by atoms with Crippen molar-refractivity contribution in [3.05, 3.63) is 206 Å². The third kappa shape index (κ3) is 4.66. The highest BCUT2D eigenvalue weighted by Gasteiger charge is 2.16. The lowest BCUT2D eigenvalue weighted by atomic mass is 9.87. The van der Waals surface area contributed by atoms with Gasteiger partial charge in [0.1, 0.15) is 0 Å². The summed E-state index contributed by atoms with van der Waals surface area (Å²) in [6.45, 7) is 0. The molecular weight excluding hydrogens is 673 g/mol. The first kappa shape index (κ1) is 31.1. The van der Waals surface area contributed by atoms with Crippen molar-refractivity contribution in [3.63, 3.8) is 0 Å². The molecule has 0 aliphatic heterocycles. The van der Waals surface area contributed by atoms with E-state index >= 15 is 0 Å². The Balaban J connectivity index is 0.913. The van der Waals surface area contributed by atoms with Gasteiger partial charge in [0.2, 0.25) is 0 Å². The molecule has 56 heavy (non-hydrogen) atoms. The van der Waals surface area contributed by atoms with Gasteiger partial charge in [0.25, 0.3) is 0 Å². The summed E-state index contributed by atoms with van der Waals surface area (Å²) >= 11 is 0. The highest BCUT2D eigenvalue weighted by Crippen LogP contribution is 2.43. The highest BCUT2D eigenvalue weighted by atomic mass is 14.2. The molecule has 0 radical (unpaired) electrons. The van der Waals surface area contributed by atoms with Gasteiger partial charge in [-0.3, -0.25) is 0 Å². The van der Waals surface area contributed by atoms with Crippen molar-refractivity contribution >= 4 is 64.6 Å². The van der Waals surface area contributed by atoms with Gasteiger partial charge in [-0.2, -0.15) is 0 Å². The Morgan fingerprint density at radius 1 is 0.161 bits per heavy atom. The maximum absolute atomic E-state index is 2.30. The second-order valence-electron chi connectivity index (χ2n) is 15.2. The van der Waals surface area contributed by atoms with Crippen LogP contribution in [0.2, 0.25) is 0 Å². The molecule has 0 saturated heterocycles. The van der Waals surface area contributed by atoms with E-state index in [4.69, 9.17) is 0 Å². The second-order valence-corrected chi connectivity index (χ2v) is 15.2. The molecule has 12 aromatic carbocycles. The van der Waals surface area contributed by atoms with E-state index in [0.717, 1.165) is 0 Å². The summed E-state index contributed by atoms with van der Waals surface area (Å²) in [5.74, 6) is 0. The zero-order chi connectivity index (χ0) is 36.7. The first-order valence-electron chi connectivity index (χ1n) is 19.5. The average Bonchev–Trinajstić information content (AvgIpc) is 3.27. The van der Waals surface area contributed by atoms with Crippen molar-refractivity contribution in [1.82, 2.24) is 0 Å². The average molecular weight is 707 g/mol. The number of rotatable bonds is 5. The van der Waals surface area contributed by atoms with Gasteiger partial charge in [0, 0.05) is 0 Å². The number of benzene rings is 12. The summed E-state index contributed by atoms with van der Waals surface area (Å²) < 4.78 is 0. The predicted octanol–water partition coefficient (Wildman–Crippen LogP) is 15.8. The first-order chi connectivity index (χ1) is 27.8. The van der Waals surface area contributed by atoms with Gasteiger partial charge in [-0.25, -0.2) is 0 Å². The molecule has 0 heteroatoms. The van der Waals surface area contributed by atoms with E-state index in [2.05, 4.69) is 206 Å². The first-order valence-corrected chi connectivity index (χ1v) is 19.5. The van der Waals surface area contributed by atoms with Crippen molar-refractivity contribution in [2.24, 2.45) is 0 Å². The lowest BCUT2D eigenvalue weighted by molar-refractivity contribution is 1.56. The maximum Gasteiger partial charge on any atom is -0.00206 e. The molecule has 12 aromatic rings. The van der Waals surface area contributed by atoms with Crippen LogP contribution in [0.1, 0.15) is 0 Å². The Bertz CT molecular complexity index is 3170. The molecule has 0 aliphatic carbocycles. The van der Waals surface area contributed by atoms with Gasteiger partial charge in [0.15, 0.2) is 0 Å². The van der Waals surface area contributed by atoms with Crippen molar-refractivity contribution in [3.8, 4) is 55.6 Å². The standard InChI is InChI=1S/C56H34/c1-3-13-49(45(11-1)35-15-19-37(20-16-35)47-31-27-43-25-23-39-7-5-9-41-29-33-51(47)55(43)53(39)41)50-14-4-2-12-46(50)36-17-21-38(22-18-36)48-32-28-44-26-24-40-8-6-10-42-30-34-52(48)56(44)54(40)42/h1-34H. The molecule has 0 aromatic heterocycles. The minimum absolute atomic E-state index is 1.21. The SMILES string of the molecule is c1ccc(-c2ccccc2-c2ccc(-c3ccc4ccc5cccc6ccc3c4c56)cc2)c(-c2ccc(-c3ccc4ccc5cccc6ccc3c4c56)cc2)c1. The van der Waals surface area contributed by atoms with E-state index in [1.165, 1.54) is 120 Å². The van der Waals surface area contributed by atoms with Crippen LogP contribution >= 0.6 is 0 Å². The molecule has 0 atom stereocenters. The fourth-order valence-electron chi connectivity index (χ4n) is 9.57. The van der Waals surface area contributed by atoms with Gasteiger partial charge in [-0.1, -0.05) is 206 Å². The fraction of sp³-hybridized carbons (Fsp3) is 0. The lowest BCUT2D eigenvalue weighted by Gasteiger charge is -2.17. The van der Waals surface area contributed by atoms with Gasteiger partial charge < -0.3 is 0 Å². The third-order valence-electron chi connectivity index (χ3n) is 12.2. The minimum atomic E-state index is 1.21. The number of hydrogen-bond acceptors (Lipinski definition) is 0. The second kappa shape index (κ2) is 12.1. The maximum atomic E-state index is 2.30. The lowest BCUT2D eigenvalue weighted by Crippen LogP contribution is -1.90. The summed E-state index contributed by atoms with van der Waals surface area (Å²) in [5, 5.41) is 15.8. The van der Waals surface area contributed by atoms with Crippen LogP contribution in [0.25, 0.3) is 120 Å². The third-order valence-corrected chi connectivity index (χ3v) is 12.2. The van der Waals surface area contributed by atoms with E-state index in [0.29, 0.717) is 0 Å². The molecule has 0 N–H and O–H groups in total. The molecule has 0 unspecified atom stereocenters. The zero-order valence-corrected chi connectivity index (χ0v) is 30.6.